The zero-order chi connectivity index (χ0) is 7.82. The smallest absolute Gasteiger partial charge is 0.0207 e. The Kier molecular flexibility index (Phi) is 6.98. The van der Waals surface area contributed by atoms with E-state index in [0.29, 0.717) is 6.04 Å². The van der Waals surface area contributed by atoms with Crippen LogP contribution in [0.5, 0.6) is 0 Å². The lowest BCUT2D eigenvalue weighted by molar-refractivity contribution is 0.458. The van der Waals surface area contributed by atoms with Gasteiger partial charge in [0.15, 0.2) is 0 Å². The molecule has 3 N–H and O–H groups in total. The van der Waals surface area contributed by atoms with Crippen molar-refractivity contribution >= 4 is 0 Å². The molecule has 0 heterocycles. The molecule has 2 nitrogen and oxygen atoms in total. The van der Waals surface area contributed by atoms with Crippen molar-refractivity contribution in [3.8, 4) is 0 Å². The minimum atomic E-state index is 0.534. The van der Waals surface area contributed by atoms with Crippen LogP contribution in [0.15, 0.2) is 0 Å². The number of nitrogens with one attached hydrogen (secondary N) is 1. The molecule has 10 heavy (non-hydrogen) atoms. The van der Waals surface area contributed by atoms with Gasteiger partial charge in [-0.25, -0.2) is 0 Å². The highest BCUT2D eigenvalue weighted by Gasteiger charge is 2.00. The van der Waals surface area contributed by atoms with Gasteiger partial charge in [0.05, 0.1) is 0 Å². The number of hydrogen-bond donors (Lipinski definition) is 2. The van der Waals surface area contributed by atoms with Crippen molar-refractivity contribution in [2.45, 2.75) is 52.0 Å². The Morgan fingerprint density at radius 2 is 2.00 bits per heavy atom. The summed E-state index contributed by atoms with van der Waals surface area (Å²) < 4.78 is 0. The molecule has 0 aliphatic rings. The van der Waals surface area contributed by atoms with E-state index in [9.17, 15) is 0 Å². The van der Waals surface area contributed by atoms with Crippen molar-refractivity contribution in [3.63, 3.8) is 0 Å². The van der Waals surface area contributed by atoms with E-state index in [-0.39, 0.29) is 0 Å². The van der Waals surface area contributed by atoms with Gasteiger partial charge in [0.25, 0.3) is 0 Å². The van der Waals surface area contributed by atoms with Gasteiger partial charge in [-0.1, -0.05) is 33.1 Å². The summed E-state index contributed by atoms with van der Waals surface area (Å²) in [5.74, 6) is 5.32. The molecule has 0 saturated carbocycles. The van der Waals surface area contributed by atoms with E-state index in [4.69, 9.17) is 5.84 Å². The van der Waals surface area contributed by atoms with Gasteiger partial charge >= 0.3 is 0 Å². The lowest BCUT2D eigenvalue weighted by atomic mass is 10.1. The van der Waals surface area contributed by atoms with Crippen molar-refractivity contribution in [3.05, 3.63) is 0 Å². The summed E-state index contributed by atoms with van der Waals surface area (Å²) in [5.41, 5.74) is 2.81. The Balaban J connectivity index is 3.09. The Morgan fingerprint density at radius 1 is 1.30 bits per heavy atom. The van der Waals surface area contributed by atoms with Crippen LogP contribution in [-0.2, 0) is 0 Å². The summed E-state index contributed by atoms with van der Waals surface area (Å²) in [7, 11) is 0. The van der Waals surface area contributed by atoms with Crippen LogP contribution in [0.4, 0.5) is 0 Å². The van der Waals surface area contributed by atoms with Crippen molar-refractivity contribution in [2.75, 3.05) is 0 Å². The molecule has 0 saturated heterocycles. The second kappa shape index (κ2) is 7.03. The third-order valence-corrected chi connectivity index (χ3v) is 1.88. The van der Waals surface area contributed by atoms with Gasteiger partial charge in [0.2, 0.25) is 0 Å². The molecular weight excluding hydrogens is 124 g/mol. The summed E-state index contributed by atoms with van der Waals surface area (Å²) in [5, 5.41) is 0. The van der Waals surface area contributed by atoms with Crippen LogP contribution >= 0.6 is 0 Å². The normalized spacial score (nSPS) is 13.5. The van der Waals surface area contributed by atoms with E-state index in [1.807, 2.05) is 0 Å². The topological polar surface area (TPSA) is 38.0 Å². The second-order valence-corrected chi connectivity index (χ2v) is 2.77. The molecule has 0 bridgehead atoms. The molecule has 2 heteroatoms. The summed E-state index contributed by atoms with van der Waals surface area (Å²) in [6.45, 7) is 4.38. The van der Waals surface area contributed by atoms with Crippen molar-refractivity contribution < 1.29 is 0 Å². The summed E-state index contributed by atoms with van der Waals surface area (Å²) in [6.07, 6.45) is 6.29. The van der Waals surface area contributed by atoms with Crippen molar-refractivity contribution in [1.82, 2.24) is 5.43 Å². The lowest BCUT2D eigenvalue weighted by Gasteiger charge is -2.11. The van der Waals surface area contributed by atoms with E-state index >= 15 is 0 Å². The minimum Gasteiger partial charge on any atom is -0.271 e. The average Bonchev–Trinajstić information content (AvgIpc) is 1.99. The van der Waals surface area contributed by atoms with Crippen molar-refractivity contribution in [1.29, 1.82) is 0 Å². The van der Waals surface area contributed by atoms with E-state index in [1.165, 1.54) is 25.7 Å². The van der Waals surface area contributed by atoms with Crippen LogP contribution in [0.1, 0.15) is 46.0 Å². The van der Waals surface area contributed by atoms with Crippen LogP contribution in [-0.4, -0.2) is 6.04 Å². The fourth-order valence-electron chi connectivity index (χ4n) is 1.05. The molecule has 1 atom stereocenters. The molecule has 0 aromatic heterocycles. The van der Waals surface area contributed by atoms with Crippen LogP contribution in [0.3, 0.4) is 0 Å². The van der Waals surface area contributed by atoms with Crippen LogP contribution in [0.2, 0.25) is 0 Å². The molecule has 0 rings (SSSR count). The number of hydrazine groups is 1. The average molecular weight is 144 g/mol. The maximum Gasteiger partial charge on any atom is 0.0207 e. The quantitative estimate of drug-likeness (QED) is 0.339. The molecule has 62 valence electrons. The number of hydrogen-bond acceptors (Lipinski definition) is 2. The molecule has 0 aliphatic carbocycles. The van der Waals surface area contributed by atoms with E-state index < -0.39 is 0 Å². The van der Waals surface area contributed by atoms with E-state index in [2.05, 4.69) is 19.3 Å². The predicted molar refractivity (Wildman–Crippen MR) is 45.5 cm³/mol. The monoisotopic (exact) mass is 144 g/mol. The Labute approximate surface area is 64.2 Å². The molecule has 0 aromatic carbocycles. The first kappa shape index (κ1) is 9.92. The van der Waals surface area contributed by atoms with Gasteiger partial charge in [0.1, 0.15) is 0 Å². The standard InChI is InChI=1S/C8H20N2/c1-3-5-6-7-8(4-2)10-9/h8,10H,3-7,9H2,1-2H3. The zero-order valence-electron chi connectivity index (χ0n) is 7.19. The largest absolute Gasteiger partial charge is 0.271 e. The number of rotatable bonds is 6. The van der Waals surface area contributed by atoms with Gasteiger partial charge in [-0.05, 0) is 12.8 Å². The Morgan fingerprint density at radius 3 is 2.40 bits per heavy atom. The van der Waals surface area contributed by atoms with Crippen molar-refractivity contribution in [2.24, 2.45) is 5.84 Å². The molecule has 0 spiro atoms. The lowest BCUT2D eigenvalue weighted by Crippen LogP contribution is -2.34. The van der Waals surface area contributed by atoms with Gasteiger partial charge in [-0.15, -0.1) is 0 Å². The molecule has 0 radical (unpaired) electrons. The fourth-order valence-corrected chi connectivity index (χ4v) is 1.05. The first-order chi connectivity index (χ1) is 4.85. The predicted octanol–water partition coefficient (Wildman–Crippen LogP) is 1.81. The highest BCUT2D eigenvalue weighted by Crippen LogP contribution is 2.04. The third-order valence-electron chi connectivity index (χ3n) is 1.88. The maximum atomic E-state index is 5.32. The molecule has 0 amide bonds. The molecule has 0 fully saturated rings. The molecule has 0 aromatic rings. The molecular formula is C8H20N2. The SMILES string of the molecule is CCCCCC(CC)NN. The van der Waals surface area contributed by atoms with Gasteiger partial charge in [-0.2, -0.15) is 0 Å². The summed E-state index contributed by atoms with van der Waals surface area (Å²) >= 11 is 0. The molecule has 0 aliphatic heterocycles. The second-order valence-electron chi connectivity index (χ2n) is 2.77. The van der Waals surface area contributed by atoms with Gasteiger partial charge in [-0.3, -0.25) is 11.3 Å². The number of nitrogens with two attached hydrogens (primary N) is 1. The van der Waals surface area contributed by atoms with E-state index in [0.717, 1.165) is 6.42 Å². The van der Waals surface area contributed by atoms with Crippen LogP contribution < -0.4 is 11.3 Å². The van der Waals surface area contributed by atoms with Gasteiger partial charge < -0.3 is 0 Å². The maximum absolute atomic E-state index is 5.32. The fraction of sp³-hybridized carbons (Fsp3) is 1.00. The summed E-state index contributed by atoms with van der Waals surface area (Å²) in [6, 6.07) is 0.534. The van der Waals surface area contributed by atoms with E-state index in [1.54, 1.807) is 0 Å². The number of unbranched alkanes of at least 4 members (excludes halogenated alkanes) is 2. The van der Waals surface area contributed by atoms with Gasteiger partial charge in [0, 0.05) is 6.04 Å². The highest BCUT2D eigenvalue weighted by molar-refractivity contribution is 4.59. The Bertz CT molecular complexity index is 60.3. The van der Waals surface area contributed by atoms with Crippen LogP contribution in [0.25, 0.3) is 0 Å². The van der Waals surface area contributed by atoms with Crippen LogP contribution in [0, 0.1) is 0 Å². The first-order valence-electron chi connectivity index (χ1n) is 4.31. The minimum absolute atomic E-state index is 0.534. The highest BCUT2D eigenvalue weighted by atomic mass is 15.2. The Hall–Kier alpha value is -0.0800. The third kappa shape index (κ3) is 4.77. The first-order valence-corrected chi connectivity index (χ1v) is 4.31. The summed E-state index contributed by atoms with van der Waals surface area (Å²) in [4.78, 5) is 0. The molecule has 1 unspecified atom stereocenters. The zero-order valence-corrected chi connectivity index (χ0v) is 7.19.